The zero-order chi connectivity index (χ0) is 19.2. The van der Waals surface area contributed by atoms with E-state index >= 15 is 0 Å². The molecule has 5 nitrogen and oxygen atoms in total. The maximum atomic E-state index is 11.2. The number of pyridine rings is 1. The summed E-state index contributed by atoms with van der Waals surface area (Å²) in [6, 6.07) is 16.1. The molecule has 144 valence electrons. The topological polar surface area (TPSA) is 45.7 Å². The summed E-state index contributed by atoms with van der Waals surface area (Å²) in [7, 11) is 0. The second kappa shape index (κ2) is 8.99. The number of ether oxygens (including phenoxy) is 1. The number of aldehydes is 1. The normalized spacial score (nSPS) is 14.8. The number of hydrogen-bond acceptors (Lipinski definition) is 6. The Morgan fingerprint density at radius 1 is 1.07 bits per heavy atom. The lowest BCUT2D eigenvalue weighted by Gasteiger charge is -2.35. The molecule has 1 aromatic carbocycles. The van der Waals surface area contributed by atoms with Crippen LogP contribution in [0.1, 0.15) is 20.8 Å². The summed E-state index contributed by atoms with van der Waals surface area (Å²) in [6.07, 6.45) is 2.63. The molecule has 6 heteroatoms. The first-order valence-corrected chi connectivity index (χ1v) is 10.3. The van der Waals surface area contributed by atoms with Crippen LogP contribution in [0.25, 0.3) is 0 Å². The van der Waals surface area contributed by atoms with E-state index in [0.717, 1.165) is 50.6 Å². The average Bonchev–Trinajstić information content (AvgIpc) is 3.27. The van der Waals surface area contributed by atoms with Crippen molar-refractivity contribution in [1.29, 1.82) is 0 Å². The van der Waals surface area contributed by atoms with E-state index in [1.54, 1.807) is 23.6 Å². The van der Waals surface area contributed by atoms with Crippen LogP contribution in [-0.2, 0) is 13.2 Å². The first kappa shape index (κ1) is 18.7. The van der Waals surface area contributed by atoms with E-state index < -0.39 is 0 Å². The quantitative estimate of drug-likeness (QED) is 0.571. The predicted molar refractivity (Wildman–Crippen MR) is 112 cm³/mol. The van der Waals surface area contributed by atoms with Gasteiger partial charge in [-0.3, -0.25) is 9.69 Å². The van der Waals surface area contributed by atoms with Crippen LogP contribution < -0.4 is 9.64 Å². The summed E-state index contributed by atoms with van der Waals surface area (Å²) in [6.45, 7) is 5.12. The molecule has 3 heterocycles. The third-order valence-corrected chi connectivity index (χ3v) is 5.73. The standard InChI is InChI=1S/C22H23N3O2S/c26-16-19-5-2-8-23-22(19)25-11-9-24(10-12-25)15-18-4-1-6-20(14-18)27-17-21-7-3-13-28-21/h1-8,13-14,16H,9-12,15,17H2. The molecule has 0 atom stereocenters. The summed E-state index contributed by atoms with van der Waals surface area (Å²) in [5.74, 6) is 1.70. The Hall–Kier alpha value is -2.70. The van der Waals surface area contributed by atoms with Crippen molar-refractivity contribution in [3.63, 3.8) is 0 Å². The van der Waals surface area contributed by atoms with Crippen LogP contribution in [0.3, 0.4) is 0 Å². The fraction of sp³-hybridized carbons (Fsp3) is 0.273. The molecule has 0 saturated carbocycles. The summed E-state index contributed by atoms with van der Waals surface area (Å²) >= 11 is 1.71. The number of thiophene rings is 1. The number of hydrogen-bond donors (Lipinski definition) is 0. The molecule has 1 aliphatic rings. The number of anilines is 1. The second-order valence-electron chi connectivity index (χ2n) is 6.81. The lowest BCUT2D eigenvalue weighted by molar-refractivity contribution is 0.112. The zero-order valence-electron chi connectivity index (χ0n) is 15.7. The molecule has 1 saturated heterocycles. The van der Waals surface area contributed by atoms with E-state index in [0.29, 0.717) is 12.2 Å². The van der Waals surface area contributed by atoms with E-state index in [9.17, 15) is 4.79 Å². The summed E-state index contributed by atoms with van der Waals surface area (Å²) < 4.78 is 5.92. The molecule has 2 aromatic heterocycles. The first-order chi connectivity index (χ1) is 13.8. The summed E-state index contributed by atoms with van der Waals surface area (Å²) in [5, 5.41) is 2.07. The molecular formula is C22H23N3O2S. The fourth-order valence-corrected chi connectivity index (χ4v) is 4.04. The van der Waals surface area contributed by atoms with Crippen LogP contribution in [0.5, 0.6) is 5.75 Å². The van der Waals surface area contributed by atoms with Gasteiger partial charge < -0.3 is 9.64 Å². The molecule has 3 aromatic rings. The molecule has 0 N–H and O–H groups in total. The van der Waals surface area contributed by atoms with Crippen molar-refractivity contribution >= 4 is 23.4 Å². The van der Waals surface area contributed by atoms with Crippen molar-refractivity contribution in [3.05, 3.63) is 76.1 Å². The van der Waals surface area contributed by atoms with Crippen LogP contribution in [-0.4, -0.2) is 42.3 Å². The van der Waals surface area contributed by atoms with Gasteiger partial charge in [-0.25, -0.2) is 4.98 Å². The van der Waals surface area contributed by atoms with Gasteiger partial charge in [-0.15, -0.1) is 11.3 Å². The van der Waals surface area contributed by atoms with Gasteiger partial charge in [-0.2, -0.15) is 0 Å². The summed E-state index contributed by atoms with van der Waals surface area (Å²) in [5.41, 5.74) is 1.91. The molecule has 0 bridgehead atoms. The van der Waals surface area contributed by atoms with E-state index in [4.69, 9.17) is 4.74 Å². The van der Waals surface area contributed by atoms with Gasteiger partial charge in [-0.1, -0.05) is 18.2 Å². The number of rotatable bonds is 7. The number of nitrogens with zero attached hydrogens (tertiary/aromatic N) is 3. The number of piperazine rings is 1. The van der Waals surface area contributed by atoms with Gasteiger partial charge in [0, 0.05) is 43.8 Å². The third-order valence-electron chi connectivity index (χ3n) is 4.88. The van der Waals surface area contributed by atoms with Crippen molar-refractivity contribution in [1.82, 2.24) is 9.88 Å². The number of aromatic nitrogens is 1. The van der Waals surface area contributed by atoms with Crippen molar-refractivity contribution in [2.45, 2.75) is 13.2 Å². The molecule has 4 rings (SSSR count). The predicted octanol–water partition coefficient (Wildman–Crippen LogP) is 3.86. The minimum absolute atomic E-state index is 0.614. The van der Waals surface area contributed by atoms with Crippen LogP contribution in [0.15, 0.2) is 60.1 Å². The monoisotopic (exact) mass is 393 g/mol. The maximum Gasteiger partial charge on any atom is 0.153 e. The highest BCUT2D eigenvalue weighted by Gasteiger charge is 2.20. The zero-order valence-corrected chi connectivity index (χ0v) is 16.5. The maximum absolute atomic E-state index is 11.2. The average molecular weight is 394 g/mol. The Morgan fingerprint density at radius 2 is 1.96 bits per heavy atom. The van der Waals surface area contributed by atoms with Gasteiger partial charge in [0.15, 0.2) is 6.29 Å². The third kappa shape index (κ3) is 4.58. The van der Waals surface area contributed by atoms with E-state index in [1.807, 2.05) is 18.2 Å². The molecular weight excluding hydrogens is 370 g/mol. The van der Waals surface area contributed by atoms with Crippen molar-refractivity contribution in [2.75, 3.05) is 31.1 Å². The molecule has 1 aliphatic heterocycles. The van der Waals surface area contributed by atoms with Crippen LogP contribution in [0.4, 0.5) is 5.82 Å². The minimum Gasteiger partial charge on any atom is -0.488 e. The smallest absolute Gasteiger partial charge is 0.153 e. The Morgan fingerprint density at radius 3 is 2.75 bits per heavy atom. The lowest BCUT2D eigenvalue weighted by Crippen LogP contribution is -2.46. The molecule has 0 radical (unpaired) electrons. The highest BCUT2D eigenvalue weighted by molar-refractivity contribution is 7.09. The summed E-state index contributed by atoms with van der Waals surface area (Å²) in [4.78, 5) is 21.5. The Labute approximate surface area is 169 Å². The number of carbonyl (C=O) groups excluding carboxylic acids is 1. The Bertz CT molecular complexity index is 906. The van der Waals surface area contributed by atoms with Crippen LogP contribution >= 0.6 is 11.3 Å². The van der Waals surface area contributed by atoms with Crippen LogP contribution in [0.2, 0.25) is 0 Å². The highest BCUT2D eigenvalue weighted by Crippen LogP contribution is 2.21. The highest BCUT2D eigenvalue weighted by atomic mass is 32.1. The van der Waals surface area contributed by atoms with Gasteiger partial charge in [-0.05, 0) is 41.3 Å². The molecule has 0 amide bonds. The Balaban J connectivity index is 1.32. The minimum atomic E-state index is 0.614. The molecule has 1 fully saturated rings. The molecule has 0 aliphatic carbocycles. The van der Waals surface area contributed by atoms with E-state index in [-0.39, 0.29) is 0 Å². The molecule has 0 spiro atoms. The number of benzene rings is 1. The van der Waals surface area contributed by atoms with Gasteiger partial charge >= 0.3 is 0 Å². The molecule has 0 unspecified atom stereocenters. The number of carbonyl (C=O) groups is 1. The van der Waals surface area contributed by atoms with Gasteiger partial charge in [0.1, 0.15) is 18.2 Å². The van der Waals surface area contributed by atoms with Crippen molar-refractivity contribution in [3.8, 4) is 5.75 Å². The van der Waals surface area contributed by atoms with Gasteiger partial charge in [0.2, 0.25) is 0 Å². The van der Waals surface area contributed by atoms with Crippen molar-refractivity contribution < 1.29 is 9.53 Å². The lowest BCUT2D eigenvalue weighted by atomic mass is 10.1. The van der Waals surface area contributed by atoms with E-state index in [1.165, 1.54) is 10.4 Å². The van der Waals surface area contributed by atoms with E-state index in [2.05, 4.69) is 44.4 Å². The second-order valence-corrected chi connectivity index (χ2v) is 7.84. The first-order valence-electron chi connectivity index (χ1n) is 9.43. The van der Waals surface area contributed by atoms with Gasteiger partial charge in [0.25, 0.3) is 0 Å². The van der Waals surface area contributed by atoms with Gasteiger partial charge in [0.05, 0.1) is 5.56 Å². The largest absolute Gasteiger partial charge is 0.488 e. The Kier molecular flexibility index (Phi) is 5.99. The fourth-order valence-electron chi connectivity index (χ4n) is 3.42. The SMILES string of the molecule is O=Cc1cccnc1N1CCN(Cc2cccc(OCc3cccs3)c2)CC1. The van der Waals surface area contributed by atoms with Crippen LogP contribution in [0, 0.1) is 0 Å². The van der Waals surface area contributed by atoms with Crippen molar-refractivity contribution in [2.24, 2.45) is 0 Å². The molecule has 28 heavy (non-hydrogen) atoms.